The summed E-state index contributed by atoms with van der Waals surface area (Å²) >= 11 is 0. The van der Waals surface area contributed by atoms with Crippen molar-refractivity contribution in [1.29, 1.82) is 0 Å². The van der Waals surface area contributed by atoms with Crippen LogP contribution in [0.1, 0.15) is 72.6 Å². The number of ketones is 1. The quantitative estimate of drug-likeness (QED) is 0.120. The highest BCUT2D eigenvalue weighted by atomic mass is 16.5. The summed E-state index contributed by atoms with van der Waals surface area (Å²) in [6.07, 6.45) is 23.4. The minimum atomic E-state index is -0.413. The molecule has 0 unspecified atom stereocenters. The average Bonchev–Trinajstić information content (AvgIpc) is 3.65. The Bertz CT molecular complexity index is 1510. The summed E-state index contributed by atoms with van der Waals surface area (Å²) in [5.41, 5.74) is 3.47. The van der Waals surface area contributed by atoms with Gasteiger partial charge in [0.2, 0.25) is 0 Å². The first-order chi connectivity index (χ1) is 20.7. The first-order valence-corrected chi connectivity index (χ1v) is 14.9. The maximum atomic E-state index is 13.5. The number of aromatic nitrogens is 3. The van der Waals surface area contributed by atoms with E-state index in [1.807, 2.05) is 42.6 Å². The van der Waals surface area contributed by atoms with Gasteiger partial charge in [-0.1, -0.05) is 97.7 Å². The van der Waals surface area contributed by atoms with E-state index in [2.05, 4.69) is 45.6 Å². The molecular weight excluding hydrogens is 524 g/mol. The fraction of sp³-hybridized carbons (Fsp3) is 0.314. The maximum absolute atomic E-state index is 13.5. The number of nitrogens with zero attached hydrogens (tertiary/aromatic N) is 4. The van der Waals surface area contributed by atoms with Crippen molar-refractivity contribution < 1.29 is 14.3 Å². The summed E-state index contributed by atoms with van der Waals surface area (Å²) in [6.45, 7) is 0.214. The molecule has 1 saturated carbocycles. The number of hydrogen-bond donors (Lipinski definition) is 0. The zero-order chi connectivity index (χ0) is 28.7. The molecular formula is C35H36N4O3. The Hall–Kier alpha value is -4.52. The third-order valence-corrected chi connectivity index (χ3v) is 8.27. The van der Waals surface area contributed by atoms with E-state index >= 15 is 0 Å². The number of hydrogen-bond acceptors (Lipinski definition) is 5. The molecule has 42 heavy (non-hydrogen) atoms. The van der Waals surface area contributed by atoms with Crippen molar-refractivity contribution >= 4 is 17.8 Å². The monoisotopic (exact) mass is 560 g/mol. The van der Waals surface area contributed by atoms with Crippen molar-refractivity contribution in [3.63, 3.8) is 0 Å². The molecule has 0 bridgehead atoms. The Kier molecular flexibility index (Phi) is 8.54. The second kappa shape index (κ2) is 13.0. The van der Waals surface area contributed by atoms with Crippen molar-refractivity contribution in [2.75, 3.05) is 0 Å². The first kappa shape index (κ1) is 27.6. The number of amides is 1. The first-order valence-electron chi connectivity index (χ1n) is 14.9. The van der Waals surface area contributed by atoms with Crippen LogP contribution in [0, 0.1) is 0 Å². The Morgan fingerprint density at radius 3 is 2.50 bits per heavy atom. The molecule has 2 atom stereocenters. The lowest BCUT2D eigenvalue weighted by Crippen LogP contribution is -2.64. The van der Waals surface area contributed by atoms with Gasteiger partial charge in [-0.2, -0.15) is 0 Å². The predicted octanol–water partition coefficient (Wildman–Crippen LogP) is 6.67. The third-order valence-electron chi connectivity index (χ3n) is 8.27. The molecule has 7 nitrogen and oxygen atoms in total. The molecule has 0 radical (unpaired) electrons. The number of ether oxygens (including phenoxy) is 1. The van der Waals surface area contributed by atoms with Crippen LogP contribution in [0.5, 0.6) is 5.75 Å². The SMILES string of the molecule is O=C(/C=C/C1=CC=CC1)c1ccc(OCc2cn([C@@H]3C(=O)N(C4CCCCCC4)[C@@H]3/C=C/c3ccccc3)nn2)cc1. The van der Waals surface area contributed by atoms with E-state index in [0.29, 0.717) is 17.0 Å². The van der Waals surface area contributed by atoms with Gasteiger partial charge in [0.05, 0.1) is 12.2 Å². The molecule has 0 spiro atoms. The van der Waals surface area contributed by atoms with Crippen LogP contribution in [0.3, 0.4) is 0 Å². The van der Waals surface area contributed by atoms with Gasteiger partial charge in [-0.3, -0.25) is 9.59 Å². The number of β-lactam (4-membered cyclic amide) rings is 1. The zero-order valence-electron chi connectivity index (χ0n) is 23.7. The molecule has 214 valence electrons. The third kappa shape index (κ3) is 6.35. The van der Waals surface area contributed by atoms with Gasteiger partial charge >= 0.3 is 0 Å². The van der Waals surface area contributed by atoms with E-state index in [1.54, 1.807) is 35.0 Å². The minimum absolute atomic E-state index is 0.0452. The zero-order valence-corrected chi connectivity index (χ0v) is 23.7. The van der Waals surface area contributed by atoms with Crippen molar-refractivity contribution in [3.05, 3.63) is 120 Å². The molecule has 6 rings (SSSR count). The van der Waals surface area contributed by atoms with Crippen LogP contribution in [0.25, 0.3) is 6.08 Å². The maximum Gasteiger partial charge on any atom is 0.250 e. The molecule has 1 amide bonds. The van der Waals surface area contributed by atoms with Gasteiger partial charge in [0.15, 0.2) is 11.8 Å². The lowest BCUT2D eigenvalue weighted by Gasteiger charge is -2.49. The molecule has 2 aromatic carbocycles. The van der Waals surface area contributed by atoms with E-state index in [-0.39, 0.29) is 30.4 Å². The molecule has 2 fully saturated rings. The fourth-order valence-corrected chi connectivity index (χ4v) is 5.97. The van der Waals surface area contributed by atoms with Crippen LogP contribution >= 0.6 is 0 Å². The van der Waals surface area contributed by atoms with E-state index < -0.39 is 6.04 Å². The summed E-state index contributed by atoms with van der Waals surface area (Å²) in [4.78, 5) is 28.1. The molecule has 0 N–H and O–H groups in total. The van der Waals surface area contributed by atoms with Gasteiger partial charge in [-0.05, 0) is 60.7 Å². The van der Waals surface area contributed by atoms with Crippen LogP contribution in [-0.4, -0.2) is 43.7 Å². The molecule has 3 aliphatic rings. The van der Waals surface area contributed by atoms with Crippen LogP contribution in [0.4, 0.5) is 0 Å². The van der Waals surface area contributed by atoms with Crippen LogP contribution in [0.15, 0.2) is 103 Å². The predicted molar refractivity (Wildman–Crippen MR) is 163 cm³/mol. The fourth-order valence-electron chi connectivity index (χ4n) is 5.97. The van der Waals surface area contributed by atoms with E-state index in [4.69, 9.17) is 4.74 Å². The van der Waals surface area contributed by atoms with Crippen LogP contribution in [0.2, 0.25) is 0 Å². The number of rotatable bonds is 10. The highest BCUT2D eigenvalue weighted by Crippen LogP contribution is 2.38. The van der Waals surface area contributed by atoms with Crippen molar-refractivity contribution in [1.82, 2.24) is 19.9 Å². The molecule has 1 aromatic heterocycles. The second-order valence-electron chi connectivity index (χ2n) is 11.2. The van der Waals surface area contributed by atoms with Gasteiger partial charge < -0.3 is 9.64 Å². The number of benzene rings is 2. The highest BCUT2D eigenvalue weighted by Gasteiger charge is 2.50. The molecule has 1 aliphatic heterocycles. The Morgan fingerprint density at radius 1 is 0.976 bits per heavy atom. The highest BCUT2D eigenvalue weighted by molar-refractivity contribution is 6.04. The van der Waals surface area contributed by atoms with Gasteiger partial charge in [0, 0.05) is 11.6 Å². The topological polar surface area (TPSA) is 77.3 Å². The summed E-state index contributed by atoms with van der Waals surface area (Å²) < 4.78 is 7.62. The molecule has 7 heteroatoms. The molecule has 1 saturated heterocycles. The van der Waals surface area contributed by atoms with E-state index in [1.165, 1.54) is 25.7 Å². The number of allylic oxidation sites excluding steroid dienone is 6. The van der Waals surface area contributed by atoms with Gasteiger partial charge in [0.1, 0.15) is 18.1 Å². The lowest BCUT2D eigenvalue weighted by atomic mass is 9.89. The van der Waals surface area contributed by atoms with Gasteiger partial charge in [-0.25, -0.2) is 4.68 Å². The second-order valence-corrected chi connectivity index (χ2v) is 11.2. The van der Waals surface area contributed by atoms with Crippen molar-refractivity contribution in [2.24, 2.45) is 0 Å². The van der Waals surface area contributed by atoms with Crippen molar-refractivity contribution in [3.8, 4) is 5.75 Å². The molecule has 2 aliphatic carbocycles. The Balaban J connectivity index is 1.10. The van der Waals surface area contributed by atoms with Crippen LogP contribution < -0.4 is 4.74 Å². The van der Waals surface area contributed by atoms with Crippen LogP contribution in [-0.2, 0) is 11.4 Å². The van der Waals surface area contributed by atoms with Gasteiger partial charge in [0.25, 0.3) is 5.91 Å². The normalized spacial score (nSPS) is 21.1. The largest absolute Gasteiger partial charge is 0.487 e. The Morgan fingerprint density at radius 2 is 1.76 bits per heavy atom. The minimum Gasteiger partial charge on any atom is -0.487 e. The van der Waals surface area contributed by atoms with Gasteiger partial charge in [-0.15, -0.1) is 5.10 Å². The number of carbonyl (C=O) groups is 2. The van der Waals surface area contributed by atoms with Crippen molar-refractivity contribution in [2.45, 2.75) is 69.7 Å². The molecule has 3 aromatic rings. The van der Waals surface area contributed by atoms with E-state index in [0.717, 1.165) is 30.4 Å². The van der Waals surface area contributed by atoms with E-state index in [9.17, 15) is 9.59 Å². The number of carbonyl (C=O) groups excluding carboxylic acids is 2. The summed E-state index contributed by atoms with van der Waals surface area (Å²) in [5, 5.41) is 8.64. The molecule has 2 heterocycles. The standard InChI is InChI=1S/C35H36N4O3/c40-33(23-17-27-12-8-9-13-27)28-18-20-31(21-19-28)42-25-29-24-38(37-36-29)34-32(22-16-26-10-4-3-5-11-26)39(35(34)41)30-14-6-1-2-7-15-30/h3-5,8-12,16-24,30,32,34H,1-2,6-7,13-15,25H2/b22-16+,23-17+/t32-,34+/m1/s1. The summed E-state index contributed by atoms with van der Waals surface area (Å²) in [6, 6.07) is 17.1. The number of likely N-dealkylation sites (tertiary alicyclic amines) is 1. The smallest absolute Gasteiger partial charge is 0.250 e. The lowest BCUT2D eigenvalue weighted by molar-refractivity contribution is -0.156. The average molecular weight is 561 g/mol. The summed E-state index contributed by atoms with van der Waals surface area (Å²) in [7, 11) is 0. The Labute approximate surface area is 246 Å². The summed E-state index contributed by atoms with van der Waals surface area (Å²) in [5.74, 6) is 0.698.